The van der Waals surface area contributed by atoms with Crippen molar-refractivity contribution in [2.24, 2.45) is 0 Å². The number of aliphatic hydroxyl groups is 9. The number of hydrogen-bond donors (Lipinski definition) is 13. The molecule has 13 N–H and O–H groups in total. The standard InChI is InChI=1S/C48H76N4O25S/c1-5-6-7-8-9-10-11-12-13-17-69-27-16-14-15-26(18-27)44(64)52-33-37(60)36(59)28(19-53)72-46(33)75-41-29(20-54)73-47(34(39(41)62)50-24(3)57)76-42-30(21-55)74-48(35(40(42)63)51-25(4)58)77-43-31(22-70-78(66,67)68)71-45(65)32(38(43)61)49-23(2)56/h10-11,14-16,18,28-43,45-48,53-55,59-63,65H,5-9,12-13,17,19-22H2,1-4H3,(H,49,56)(H,50,57)(H,51,58)(H,52,64)(H,66,67,68)/p-1/b11-10-/t28?,29-,30?,31-,32?,33?,34?,35?,36+,37-,38?,39?,40-,41-,42+,43-,45?,46+,47-,48+/m1/s1. The van der Waals surface area contributed by atoms with Gasteiger partial charge in [-0.15, -0.1) is 0 Å². The van der Waals surface area contributed by atoms with E-state index in [0.717, 1.165) is 46.5 Å². The number of benzene rings is 1. The molecule has 4 heterocycles. The predicted molar refractivity (Wildman–Crippen MR) is 262 cm³/mol. The molecule has 29 nitrogen and oxygen atoms in total. The molecule has 444 valence electrons. The van der Waals surface area contributed by atoms with E-state index in [2.05, 4.69) is 44.5 Å². The lowest BCUT2D eigenvalue weighted by Crippen LogP contribution is -2.71. The molecule has 0 spiro atoms. The predicted octanol–water partition coefficient (Wildman–Crippen LogP) is -4.71. The van der Waals surface area contributed by atoms with Crippen molar-refractivity contribution in [1.29, 1.82) is 0 Å². The molecule has 20 atom stereocenters. The molecule has 1 aromatic rings. The Labute approximate surface area is 450 Å². The maximum Gasteiger partial charge on any atom is 0.251 e. The van der Waals surface area contributed by atoms with E-state index in [1.54, 1.807) is 12.1 Å². The third kappa shape index (κ3) is 17.9. The van der Waals surface area contributed by atoms with Crippen molar-refractivity contribution >= 4 is 34.0 Å². The molecule has 0 aliphatic carbocycles. The normalized spacial score (nSPS) is 35.4. The van der Waals surface area contributed by atoms with Crippen LogP contribution in [0.25, 0.3) is 0 Å². The fourth-order valence-corrected chi connectivity index (χ4v) is 9.65. The zero-order valence-corrected chi connectivity index (χ0v) is 44.3. The summed E-state index contributed by atoms with van der Waals surface area (Å²) in [5.74, 6) is -2.88. The number of carbonyl (C=O) groups excluding carboxylic acids is 4. The molecule has 0 radical (unpaired) electrons. The number of allylic oxidation sites excluding steroid dienone is 2. The van der Waals surface area contributed by atoms with Crippen molar-refractivity contribution < 1.29 is 120 Å². The Balaban J connectivity index is 1.34. The van der Waals surface area contributed by atoms with Gasteiger partial charge in [-0.2, -0.15) is 0 Å². The van der Waals surface area contributed by atoms with Crippen molar-refractivity contribution in [1.82, 2.24) is 21.3 Å². The average molecular weight is 1140 g/mol. The van der Waals surface area contributed by atoms with Crippen molar-refractivity contribution in [2.45, 2.75) is 195 Å². The maximum absolute atomic E-state index is 13.8. The Morgan fingerprint density at radius 2 is 1.08 bits per heavy atom. The van der Waals surface area contributed by atoms with Crippen LogP contribution in [0.2, 0.25) is 0 Å². The van der Waals surface area contributed by atoms with Crippen LogP contribution < -0.4 is 26.0 Å². The van der Waals surface area contributed by atoms with Crippen molar-refractivity contribution in [2.75, 3.05) is 33.0 Å². The van der Waals surface area contributed by atoms with Crippen LogP contribution in [0.1, 0.15) is 83.0 Å². The van der Waals surface area contributed by atoms with E-state index in [1.807, 2.05) is 0 Å². The van der Waals surface area contributed by atoms with Crippen molar-refractivity contribution in [3.63, 3.8) is 0 Å². The molecule has 30 heteroatoms. The van der Waals surface area contributed by atoms with E-state index in [-0.39, 0.29) is 5.56 Å². The molecule has 5 rings (SSSR count). The van der Waals surface area contributed by atoms with Gasteiger partial charge in [0.1, 0.15) is 103 Å². The van der Waals surface area contributed by atoms with Crippen LogP contribution in [0.15, 0.2) is 36.4 Å². The van der Waals surface area contributed by atoms with Gasteiger partial charge in [0.25, 0.3) is 5.91 Å². The molecule has 78 heavy (non-hydrogen) atoms. The van der Waals surface area contributed by atoms with Crippen molar-refractivity contribution in [3.05, 3.63) is 42.0 Å². The molecule has 0 bridgehead atoms. The minimum absolute atomic E-state index is 0.0566. The SMILES string of the molecule is CCCCCC/C=C\CCCOc1cccc(C(=O)NC2[C@H](O[C@H]3C(O)C(NC(C)=O)[C@@H](O[C@H]4C(CO)O[C@@H](O[C@H]5C(O)C(NC(C)=O)C(O)O[C@@H]5COS(=O)(=O)[O-])C(NC(C)=O)[C@H]4O)O[C@@H]3CO)OC(CO)[C@H](O)[C@@H]2O)c1. The topological polar surface area (TPSA) is 439 Å². The molecule has 4 fully saturated rings. The monoisotopic (exact) mass is 1140 g/mol. The van der Waals surface area contributed by atoms with Gasteiger partial charge in [0.15, 0.2) is 25.2 Å². The largest absolute Gasteiger partial charge is 0.726 e. The fourth-order valence-electron chi connectivity index (χ4n) is 9.35. The highest BCUT2D eigenvalue weighted by atomic mass is 32.3. The van der Waals surface area contributed by atoms with Crippen LogP contribution in [0.3, 0.4) is 0 Å². The lowest BCUT2D eigenvalue weighted by molar-refractivity contribution is -0.361. The van der Waals surface area contributed by atoms with E-state index < -0.39 is 183 Å². The number of nitrogens with one attached hydrogen (secondary N) is 4. The number of unbranched alkanes of at least 4 members (excludes halogenated alkanes) is 5. The minimum atomic E-state index is -5.41. The Morgan fingerprint density at radius 3 is 1.58 bits per heavy atom. The molecule has 4 amide bonds. The lowest BCUT2D eigenvalue weighted by Gasteiger charge is -2.51. The van der Waals surface area contributed by atoms with Crippen LogP contribution in [0.4, 0.5) is 0 Å². The zero-order valence-electron chi connectivity index (χ0n) is 43.5. The Morgan fingerprint density at radius 1 is 0.603 bits per heavy atom. The second-order valence-electron chi connectivity index (χ2n) is 19.2. The second kappa shape index (κ2) is 30.6. The molecule has 1 aromatic carbocycles. The Kier molecular flexibility index (Phi) is 25.4. The van der Waals surface area contributed by atoms with Gasteiger partial charge < -0.3 is 110 Å². The number of amides is 4. The molecular formula is C48H75N4O25S-. The first kappa shape index (κ1) is 64.7. The number of rotatable bonds is 27. The molecule has 0 aromatic heterocycles. The summed E-state index contributed by atoms with van der Waals surface area (Å²) < 4.78 is 85.6. The van der Waals surface area contributed by atoms with Gasteiger partial charge in [0.2, 0.25) is 28.1 Å². The van der Waals surface area contributed by atoms with E-state index in [9.17, 15) is 78.1 Å². The molecule has 4 aliphatic heterocycles. The summed E-state index contributed by atoms with van der Waals surface area (Å²) in [5.41, 5.74) is 0.0566. The zero-order chi connectivity index (χ0) is 57.4. The van der Waals surface area contributed by atoms with Gasteiger partial charge in [-0.3, -0.25) is 23.4 Å². The molecular weight excluding hydrogens is 1060 g/mol. The van der Waals surface area contributed by atoms with Crippen LogP contribution in [-0.4, -0.2) is 238 Å². The van der Waals surface area contributed by atoms with Crippen molar-refractivity contribution in [3.8, 4) is 5.75 Å². The highest BCUT2D eigenvalue weighted by Crippen LogP contribution is 2.35. The smallest absolute Gasteiger partial charge is 0.251 e. The summed E-state index contributed by atoms with van der Waals surface area (Å²) >= 11 is 0. The summed E-state index contributed by atoms with van der Waals surface area (Å²) in [6, 6.07) is -0.712. The first-order valence-corrected chi connectivity index (χ1v) is 26.9. The first-order valence-electron chi connectivity index (χ1n) is 25.6. The van der Waals surface area contributed by atoms with Crippen LogP contribution in [0.5, 0.6) is 5.75 Å². The summed E-state index contributed by atoms with van der Waals surface area (Å²) in [6.07, 6.45) is -18.3. The number of ether oxygens (including phenoxy) is 8. The van der Waals surface area contributed by atoms with Gasteiger partial charge in [-0.25, -0.2) is 8.42 Å². The summed E-state index contributed by atoms with van der Waals surface area (Å²) in [4.78, 5) is 51.1. The highest BCUT2D eigenvalue weighted by molar-refractivity contribution is 7.80. The van der Waals surface area contributed by atoms with E-state index >= 15 is 0 Å². The quantitative estimate of drug-likeness (QED) is 0.0170. The second-order valence-corrected chi connectivity index (χ2v) is 20.3. The third-order valence-electron chi connectivity index (χ3n) is 13.2. The van der Waals surface area contributed by atoms with E-state index in [1.165, 1.54) is 25.0 Å². The van der Waals surface area contributed by atoms with Gasteiger partial charge in [-0.1, -0.05) is 44.4 Å². The molecule has 0 saturated carbocycles. The Bertz CT molecular complexity index is 2220. The Hall–Kier alpha value is -4.13. The number of carbonyl (C=O) groups is 4. The molecule has 9 unspecified atom stereocenters. The minimum Gasteiger partial charge on any atom is -0.726 e. The van der Waals surface area contributed by atoms with Gasteiger partial charge in [0, 0.05) is 26.3 Å². The summed E-state index contributed by atoms with van der Waals surface area (Å²) in [6.45, 7) is 1.50. The molecule has 4 aliphatic rings. The average Bonchev–Trinajstić information content (AvgIpc) is 3.47. The van der Waals surface area contributed by atoms with Crippen LogP contribution in [-0.2, 0) is 62.1 Å². The fraction of sp³-hybridized carbons (Fsp3) is 0.750. The van der Waals surface area contributed by atoms with E-state index in [0.29, 0.717) is 18.8 Å². The number of hydrogen-bond acceptors (Lipinski definition) is 25. The summed E-state index contributed by atoms with van der Waals surface area (Å²) in [7, 11) is -5.41. The molecule has 4 saturated heterocycles. The highest BCUT2D eigenvalue weighted by Gasteiger charge is 2.56. The maximum atomic E-state index is 13.8. The van der Waals surface area contributed by atoms with E-state index in [4.69, 9.17) is 37.9 Å². The first-order chi connectivity index (χ1) is 37.0. The van der Waals surface area contributed by atoms with Gasteiger partial charge >= 0.3 is 0 Å². The third-order valence-corrected chi connectivity index (χ3v) is 13.6. The van der Waals surface area contributed by atoms with Gasteiger partial charge in [0.05, 0.1) is 33.0 Å². The lowest BCUT2D eigenvalue weighted by atomic mass is 9.93. The van der Waals surface area contributed by atoms with Crippen LogP contribution in [0, 0.1) is 0 Å². The van der Waals surface area contributed by atoms with Crippen LogP contribution >= 0.6 is 0 Å². The van der Waals surface area contributed by atoms with Gasteiger partial charge in [-0.05, 0) is 43.9 Å². The summed E-state index contributed by atoms with van der Waals surface area (Å²) in [5, 5.41) is 109. The number of aliphatic hydroxyl groups excluding tert-OH is 9.